The summed E-state index contributed by atoms with van der Waals surface area (Å²) in [6.07, 6.45) is 4.58. The van der Waals surface area contributed by atoms with Crippen molar-refractivity contribution >= 4 is 15.5 Å². The fraction of sp³-hybridized carbons (Fsp3) is 0.600. The Morgan fingerprint density at radius 3 is 2.63 bits per heavy atom. The van der Waals surface area contributed by atoms with E-state index < -0.39 is 9.84 Å². The van der Waals surface area contributed by atoms with Crippen molar-refractivity contribution in [3.05, 3.63) is 30.3 Å². The summed E-state index contributed by atoms with van der Waals surface area (Å²) in [4.78, 5) is 2.06. The van der Waals surface area contributed by atoms with Crippen LogP contribution in [0.4, 0.5) is 5.69 Å². The molecule has 19 heavy (non-hydrogen) atoms. The Hall–Kier alpha value is -1.03. The predicted molar refractivity (Wildman–Crippen MR) is 80.1 cm³/mol. The molecule has 3 nitrogen and oxygen atoms in total. The third-order valence-corrected chi connectivity index (χ3v) is 5.91. The summed E-state index contributed by atoms with van der Waals surface area (Å²) in [6.45, 7) is 2.94. The number of anilines is 1. The monoisotopic (exact) mass is 281 g/mol. The molecule has 0 spiro atoms. The zero-order valence-electron chi connectivity index (χ0n) is 11.6. The van der Waals surface area contributed by atoms with Crippen LogP contribution in [0.5, 0.6) is 0 Å². The van der Waals surface area contributed by atoms with E-state index in [9.17, 15) is 8.42 Å². The molecule has 1 saturated heterocycles. The molecule has 0 saturated carbocycles. The zero-order chi connectivity index (χ0) is 13.7. The van der Waals surface area contributed by atoms with Crippen LogP contribution < -0.4 is 4.90 Å². The minimum atomic E-state index is -3.00. The molecular weight excluding hydrogens is 258 g/mol. The topological polar surface area (TPSA) is 37.4 Å². The highest BCUT2D eigenvalue weighted by molar-refractivity contribution is 7.92. The fourth-order valence-electron chi connectivity index (χ4n) is 2.71. The maximum absolute atomic E-state index is 12.4. The average Bonchev–Trinajstić information content (AvgIpc) is 2.90. The van der Waals surface area contributed by atoms with Gasteiger partial charge in [0.15, 0.2) is 9.84 Å². The van der Waals surface area contributed by atoms with E-state index in [-0.39, 0.29) is 5.37 Å². The van der Waals surface area contributed by atoms with E-state index in [4.69, 9.17) is 0 Å². The van der Waals surface area contributed by atoms with Crippen molar-refractivity contribution in [2.75, 3.05) is 17.2 Å². The minimum absolute atomic E-state index is 0.313. The number of rotatable bonds is 6. The lowest BCUT2D eigenvalue weighted by Gasteiger charge is -2.26. The second-order valence-electron chi connectivity index (χ2n) is 5.20. The van der Waals surface area contributed by atoms with Gasteiger partial charge in [0, 0.05) is 12.2 Å². The van der Waals surface area contributed by atoms with Gasteiger partial charge in [0.1, 0.15) is 5.37 Å². The number of nitrogens with zero attached hydrogens (tertiary/aromatic N) is 1. The van der Waals surface area contributed by atoms with Crippen LogP contribution in [0.15, 0.2) is 30.3 Å². The number of hydrogen-bond donors (Lipinski definition) is 0. The SMILES string of the molecule is CCCCCS(=O)(=O)C1CCCN1c1ccccc1. The lowest BCUT2D eigenvalue weighted by molar-refractivity contribution is 0.575. The molecule has 1 aliphatic rings. The van der Waals surface area contributed by atoms with E-state index in [0.29, 0.717) is 5.75 Å². The van der Waals surface area contributed by atoms with Crippen LogP contribution in [0.1, 0.15) is 39.0 Å². The summed E-state index contributed by atoms with van der Waals surface area (Å²) < 4.78 is 24.9. The Balaban J connectivity index is 2.10. The summed E-state index contributed by atoms with van der Waals surface area (Å²) in [5.74, 6) is 0.328. The van der Waals surface area contributed by atoms with E-state index in [1.807, 2.05) is 30.3 Å². The molecule has 106 valence electrons. The Morgan fingerprint density at radius 1 is 1.21 bits per heavy atom. The van der Waals surface area contributed by atoms with Crippen molar-refractivity contribution in [1.29, 1.82) is 0 Å². The van der Waals surface area contributed by atoms with Crippen molar-refractivity contribution in [1.82, 2.24) is 0 Å². The number of benzene rings is 1. The number of unbranched alkanes of at least 4 members (excludes halogenated alkanes) is 2. The van der Waals surface area contributed by atoms with Crippen molar-refractivity contribution in [3.63, 3.8) is 0 Å². The first-order valence-electron chi connectivity index (χ1n) is 7.18. The van der Waals surface area contributed by atoms with Gasteiger partial charge in [0.25, 0.3) is 0 Å². The van der Waals surface area contributed by atoms with Crippen LogP contribution >= 0.6 is 0 Å². The first kappa shape index (κ1) is 14.4. The van der Waals surface area contributed by atoms with Gasteiger partial charge in [-0.2, -0.15) is 0 Å². The molecule has 1 aliphatic heterocycles. The molecule has 0 bridgehead atoms. The average molecular weight is 281 g/mol. The first-order chi connectivity index (χ1) is 9.15. The highest BCUT2D eigenvalue weighted by Gasteiger charge is 2.34. The lowest BCUT2D eigenvalue weighted by atomic mass is 10.3. The van der Waals surface area contributed by atoms with E-state index in [0.717, 1.165) is 44.3 Å². The molecule has 1 heterocycles. The Bertz CT molecular complexity index is 484. The molecule has 0 amide bonds. The Morgan fingerprint density at radius 2 is 1.95 bits per heavy atom. The van der Waals surface area contributed by atoms with Gasteiger partial charge in [-0.05, 0) is 31.4 Å². The van der Waals surface area contributed by atoms with E-state index >= 15 is 0 Å². The summed E-state index contributed by atoms with van der Waals surface area (Å²) in [5.41, 5.74) is 1.03. The van der Waals surface area contributed by atoms with E-state index in [2.05, 4.69) is 11.8 Å². The third-order valence-electron chi connectivity index (χ3n) is 3.73. The first-order valence-corrected chi connectivity index (χ1v) is 8.90. The molecule has 1 aromatic rings. The molecule has 1 fully saturated rings. The van der Waals surface area contributed by atoms with Gasteiger partial charge in [-0.15, -0.1) is 0 Å². The molecule has 0 aliphatic carbocycles. The van der Waals surface area contributed by atoms with Crippen LogP contribution in [0.2, 0.25) is 0 Å². The van der Waals surface area contributed by atoms with Crippen LogP contribution in [0.3, 0.4) is 0 Å². The summed E-state index contributed by atoms with van der Waals surface area (Å²) in [6, 6.07) is 9.90. The summed E-state index contributed by atoms with van der Waals surface area (Å²) >= 11 is 0. The van der Waals surface area contributed by atoms with Crippen LogP contribution in [0, 0.1) is 0 Å². The molecule has 1 unspecified atom stereocenters. The van der Waals surface area contributed by atoms with Crippen molar-refractivity contribution < 1.29 is 8.42 Å². The standard InChI is InChI=1S/C15H23NO2S/c1-2-3-7-13-19(17,18)15-11-8-12-16(15)14-9-5-4-6-10-14/h4-6,9-10,15H,2-3,7-8,11-13H2,1H3. The fourth-order valence-corrected chi connectivity index (χ4v) is 4.73. The summed E-state index contributed by atoms with van der Waals surface area (Å²) in [5, 5.41) is -0.313. The second kappa shape index (κ2) is 6.42. The van der Waals surface area contributed by atoms with Crippen molar-refractivity contribution in [2.24, 2.45) is 0 Å². The lowest BCUT2D eigenvalue weighted by Crippen LogP contribution is -2.37. The Kier molecular flexibility index (Phi) is 4.86. The van der Waals surface area contributed by atoms with Crippen LogP contribution in [-0.4, -0.2) is 26.1 Å². The van der Waals surface area contributed by atoms with Gasteiger partial charge < -0.3 is 4.90 Å². The van der Waals surface area contributed by atoms with Crippen LogP contribution in [-0.2, 0) is 9.84 Å². The molecule has 0 N–H and O–H groups in total. The van der Waals surface area contributed by atoms with Gasteiger partial charge in [-0.25, -0.2) is 8.42 Å². The number of para-hydroxylation sites is 1. The normalized spacial score (nSPS) is 19.8. The Labute approximate surface area is 116 Å². The molecule has 0 radical (unpaired) electrons. The van der Waals surface area contributed by atoms with Gasteiger partial charge >= 0.3 is 0 Å². The number of hydrogen-bond acceptors (Lipinski definition) is 3. The van der Waals surface area contributed by atoms with Gasteiger partial charge in [-0.3, -0.25) is 0 Å². The molecule has 2 rings (SSSR count). The van der Waals surface area contributed by atoms with Gasteiger partial charge in [0.05, 0.1) is 5.75 Å². The molecule has 0 aromatic heterocycles. The predicted octanol–water partition coefficient (Wildman–Crippen LogP) is 3.22. The van der Waals surface area contributed by atoms with Crippen molar-refractivity contribution in [2.45, 2.75) is 44.4 Å². The maximum atomic E-state index is 12.4. The molecular formula is C15H23NO2S. The number of sulfone groups is 1. The minimum Gasteiger partial charge on any atom is -0.355 e. The van der Waals surface area contributed by atoms with Crippen LogP contribution in [0.25, 0.3) is 0 Å². The second-order valence-corrected chi connectivity index (χ2v) is 7.48. The van der Waals surface area contributed by atoms with E-state index in [1.165, 1.54) is 0 Å². The summed E-state index contributed by atoms with van der Waals surface area (Å²) in [7, 11) is -3.00. The molecule has 1 aromatic carbocycles. The molecule has 4 heteroatoms. The smallest absolute Gasteiger partial charge is 0.171 e. The highest BCUT2D eigenvalue weighted by Crippen LogP contribution is 2.29. The van der Waals surface area contributed by atoms with E-state index in [1.54, 1.807) is 0 Å². The molecule has 1 atom stereocenters. The quantitative estimate of drug-likeness (QED) is 0.751. The zero-order valence-corrected chi connectivity index (χ0v) is 12.4. The van der Waals surface area contributed by atoms with Crippen molar-refractivity contribution in [3.8, 4) is 0 Å². The maximum Gasteiger partial charge on any atom is 0.171 e. The third kappa shape index (κ3) is 3.50. The highest BCUT2D eigenvalue weighted by atomic mass is 32.2. The van der Waals surface area contributed by atoms with Gasteiger partial charge in [-0.1, -0.05) is 38.0 Å². The van der Waals surface area contributed by atoms with Gasteiger partial charge in [0.2, 0.25) is 0 Å². The largest absolute Gasteiger partial charge is 0.355 e.